The van der Waals surface area contributed by atoms with Crippen LogP contribution in [0.4, 0.5) is 0 Å². The smallest absolute Gasteiger partial charge is 0.0942 e. The molecule has 0 saturated heterocycles. The molecule has 1 N–H and O–H groups in total. The fourth-order valence-corrected chi connectivity index (χ4v) is 3.10. The first kappa shape index (κ1) is 8.52. The van der Waals surface area contributed by atoms with E-state index in [1.807, 2.05) is 6.92 Å². The van der Waals surface area contributed by atoms with Crippen molar-refractivity contribution in [2.45, 2.75) is 38.2 Å². The van der Waals surface area contributed by atoms with Gasteiger partial charge in [-0.2, -0.15) is 0 Å². The molecule has 0 amide bonds. The van der Waals surface area contributed by atoms with Crippen molar-refractivity contribution in [2.24, 2.45) is 11.8 Å². The third-order valence-corrected chi connectivity index (χ3v) is 3.62. The summed E-state index contributed by atoms with van der Waals surface area (Å²) in [4.78, 5) is 0. The first-order valence-corrected chi connectivity index (χ1v) is 5.05. The molecule has 2 saturated carbocycles. The Labute approximate surface area is 73.9 Å². The van der Waals surface area contributed by atoms with Gasteiger partial charge in [-0.1, -0.05) is 0 Å². The van der Waals surface area contributed by atoms with Crippen molar-refractivity contribution < 1.29 is 9.84 Å². The highest BCUT2D eigenvalue weighted by atomic mass is 16.5. The van der Waals surface area contributed by atoms with Crippen molar-refractivity contribution in [1.82, 2.24) is 0 Å². The topological polar surface area (TPSA) is 29.5 Å². The molecule has 2 rings (SSSR count). The average Bonchev–Trinajstić information content (AvgIpc) is 2.64. The summed E-state index contributed by atoms with van der Waals surface area (Å²) in [6.45, 7) is 2.98. The van der Waals surface area contributed by atoms with E-state index in [0.29, 0.717) is 5.92 Å². The van der Waals surface area contributed by atoms with E-state index in [4.69, 9.17) is 4.74 Å². The monoisotopic (exact) mass is 170 g/mol. The zero-order chi connectivity index (χ0) is 8.60. The molecule has 0 radical (unpaired) electrons. The van der Waals surface area contributed by atoms with Gasteiger partial charge in [0.15, 0.2) is 0 Å². The second kappa shape index (κ2) is 3.00. The standard InChI is InChI=1S/C10H18O2/c1-2-12-10(7-11)6-8-3-4-9(10)5-8/h8-9,11H,2-7H2,1H3. The number of fused-ring (bicyclic) bond motifs is 2. The molecule has 0 aromatic rings. The van der Waals surface area contributed by atoms with Gasteiger partial charge in [0.25, 0.3) is 0 Å². The number of aliphatic hydroxyl groups is 1. The molecule has 2 bridgehead atoms. The summed E-state index contributed by atoms with van der Waals surface area (Å²) in [6.07, 6.45) is 5.02. The normalized spacial score (nSPS) is 45.5. The van der Waals surface area contributed by atoms with Crippen LogP contribution in [0.15, 0.2) is 0 Å². The Kier molecular flexibility index (Phi) is 2.13. The van der Waals surface area contributed by atoms with Crippen molar-refractivity contribution in [2.75, 3.05) is 13.2 Å². The molecule has 0 aromatic carbocycles. The zero-order valence-electron chi connectivity index (χ0n) is 7.75. The largest absolute Gasteiger partial charge is 0.393 e. The number of hydrogen-bond donors (Lipinski definition) is 1. The maximum atomic E-state index is 9.34. The van der Waals surface area contributed by atoms with E-state index < -0.39 is 0 Å². The number of rotatable bonds is 3. The van der Waals surface area contributed by atoms with Crippen LogP contribution in [-0.2, 0) is 4.74 Å². The van der Waals surface area contributed by atoms with Gasteiger partial charge in [-0.3, -0.25) is 0 Å². The zero-order valence-corrected chi connectivity index (χ0v) is 7.75. The Hall–Kier alpha value is -0.0800. The van der Waals surface area contributed by atoms with Gasteiger partial charge in [0.2, 0.25) is 0 Å². The maximum absolute atomic E-state index is 9.34. The van der Waals surface area contributed by atoms with Crippen LogP contribution in [0, 0.1) is 11.8 Å². The maximum Gasteiger partial charge on any atom is 0.0942 e. The van der Waals surface area contributed by atoms with E-state index in [0.717, 1.165) is 18.9 Å². The van der Waals surface area contributed by atoms with Crippen LogP contribution >= 0.6 is 0 Å². The fraction of sp³-hybridized carbons (Fsp3) is 1.00. The molecule has 2 fully saturated rings. The van der Waals surface area contributed by atoms with E-state index in [9.17, 15) is 5.11 Å². The highest BCUT2D eigenvalue weighted by Crippen LogP contribution is 2.52. The second-order valence-electron chi connectivity index (χ2n) is 4.24. The lowest BCUT2D eigenvalue weighted by Crippen LogP contribution is -2.42. The van der Waals surface area contributed by atoms with Crippen LogP contribution < -0.4 is 0 Å². The van der Waals surface area contributed by atoms with Gasteiger partial charge in [-0.05, 0) is 44.4 Å². The van der Waals surface area contributed by atoms with Crippen LogP contribution in [0.2, 0.25) is 0 Å². The summed E-state index contributed by atoms with van der Waals surface area (Å²) < 4.78 is 5.72. The van der Waals surface area contributed by atoms with Gasteiger partial charge in [0.1, 0.15) is 0 Å². The van der Waals surface area contributed by atoms with Crippen LogP contribution in [0.5, 0.6) is 0 Å². The van der Waals surface area contributed by atoms with Crippen molar-refractivity contribution >= 4 is 0 Å². The molecule has 2 nitrogen and oxygen atoms in total. The van der Waals surface area contributed by atoms with Crippen molar-refractivity contribution in [3.05, 3.63) is 0 Å². The first-order valence-electron chi connectivity index (χ1n) is 5.05. The summed E-state index contributed by atoms with van der Waals surface area (Å²) in [6, 6.07) is 0. The summed E-state index contributed by atoms with van der Waals surface area (Å²) >= 11 is 0. The summed E-state index contributed by atoms with van der Waals surface area (Å²) in [7, 11) is 0. The molecule has 70 valence electrons. The molecule has 0 aromatic heterocycles. The highest BCUT2D eigenvalue weighted by Gasteiger charge is 2.51. The van der Waals surface area contributed by atoms with Crippen LogP contribution in [0.25, 0.3) is 0 Å². The van der Waals surface area contributed by atoms with Crippen LogP contribution in [0.1, 0.15) is 32.6 Å². The molecular formula is C10H18O2. The summed E-state index contributed by atoms with van der Waals surface area (Å²) in [5, 5.41) is 9.34. The lowest BCUT2D eigenvalue weighted by atomic mass is 9.84. The van der Waals surface area contributed by atoms with E-state index in [1.165, 1.54) is 19.3 Å². The molecule has 3 unspecified atom stereocenters. The Bertz CT molecular complexity index is 169. The molecular weight excluding hydrogens is 152 g/mol. The molecule has 2 aliphatic rings. The molecule has 12 heavy (non-hydrogen) atoms. The van der Waals surface area contributed by atoms with Gasteiger partial charge in [-0.25, -0.2) is 0 Å². The minimum absolute atomic E-state index is 0.141. The van der Waals surface area contributed by atoms with Crippen LogP contribution in [-0.4, -0.2) is 23.9 Å². The van der Waals surface area contributed by atoms with Crippen molar-refractivity contribution in [1.29, 1.82) is 0 Å². The Morgan fingerprint density at radius 3 is 2.75 bits per heavy atom. The number of aliphatic hydroxyl groups excluding tert-OH is 1. The van der Waals surface area contributed by atoms with Crippen LogP contribution in [0.3, 0.4) is 0 Å². The van der Waals surface area contributed by atoms with Crippen molar-refractivity contribution in [3.8, 4) is 0 Å². The molecule has 2 aliphatic carbocycles. The van der Waals surface area contributed by atoms with Gasteiger partial charge < -0.3 is 9.84 Å². The lowest BCUT2D eigenvalue weighted by Gasteiger charge is -2.35. The number of hydrogen-bond acceptors (Lipinski definition) is 2. The summed E-state index contributed by atoms with van der Waals surface area (Å²) in [5.74, 6) is 1.49. The van der Waals surface area contributed by atoms with E-state index in [2.05, 4.69) is 0 Å². The molecule has 0 heterocycles. The highest BCUT2D eigenvalue weighted by molar-refractivity contribution is 5.02. The minimum Gasteiger partial charge on any atom is -0.393 e. The third kappa shape index (κ3) is 1.09. The third-order valence-electron chi connectivity index (χ3n) is 3.62. The molecule has 3 atom stereocenters. The first-order chi connectivity index (χ1) is 5.80. The number of ether oxygens (including phenoxy) is 1. The van der Waals surface area contributed by atoms with E-state index >= 15 is 0 Å². The predicted molar refractivity (Wildman–Crippen MR) is 46.9 cm³/mol. The SMILES string of the molecule is CCOC1(CO)CC2CCC1C2. The minimum atomic E-state index is -0.141. The van der Waals surface area contributed by atoms with Gasteiger partial charge >= 0.3 is 0 Å². The summed E-state index contributed by atoms with van der Waals surface area (Å²) in [5.41, 5.74) is -0.141. The Morgan fingerprint density at radius 2 is 2.33 bits per heavy atom. The quantitative estimate of drug-likeness (QED) is 0.696. The fourth-order valence-electron chi connectivity index (χ4n) is 3.10. The van der Waals surface area contributed by atoms with Crippen molar-refractivity contribution in [3.63, 3.8) is 0 Å². The Morgan fingerprint density at radius 1 is 1.50 bits per heavy atom. The average molecular weight is 170 g/mol. The van der Waals surface area contributed by atoms with E-state index in [1.54, 1.807) is 0 Å². The Balaban J connectivity index is 2.08. The van der Waals surface area contributed by atoms with E-state index in [-0.39, 0.29) is 12.2 Å². The molecule has 0 spiro atoms. The van der Waals surface area contributed by atoms with Gasteiger partial charge in [0, 0.05) is 6.61 Å². The predicted octanol–water partition coefficient (Wildman–Crippen LogP) is 1.57. The second-order valence-corrected chi connectivity index (χ2v) is 4.24. The molecule has 2 heteroatoms. The van der Waals surface area contributed by atoms with Gasteiger partial charge in [-0.15, -0.1) is 0 Å². The van der Waals surface area contributed by atoms with Gasteiger partial charge in [0.05, 0.1) is 12.2 Å². The lowest BCUT2D eigenvalue weighted by molar-refractivity contribution is -0.109. The molecule has 0 aliphatic heterocycles.